The standard InChI is InChI=1S/C10H15N3O4/c1-3-6(2)12-10(17)13-7(9(15)16)4-5-8(11)14/h1,6-7H,4-5H2,2H3,(H2,11,14)(H,15,16)(H2,12,13,17)/t6?,7-/m1/s1. The van der Waals surface area contributed by atoms with Gasteiger partial charge in [-0.2, -0.15) is 0 Å². The molecule has 7 heteroatoms. The Morgan fingerprint density at radius 1 is 1.41 bits per heavy atom. The number of terminal acetylenes is 1. The van der Waals surface area contributed by atoms with E-state index < -0.39 is 30.0 Å². The van der Waals surface area contributed by atoms with Crippen molar-refractivity contribution in [3.05, 3.63) is 0 Å². The van der Waals surface area contributed by atoms with Gasteiger partial charge in [0.2, 0.25) is 5.91 Å². The molecule has 0 aromatic carbocycles. The van der Waals surface area contributed by atoms with Gasteiger partial charge in [0.1, 0.15) is 6.04 Å². The molecule has 0 aromatic rings. The molecule has 3 amide bonds. The van der Waals surface area contributed by atoms with Gasteiger partial charge in [-0.05, 0) is 13.3 Å². The number of nitrogens with one attached hydrogen (secondary N) is 2. The number of hydrogen-bond donors (Lipinski definition) is 4. The molecule has 0 aliphatic rings. The summed E-state index contributed by atoms with van der Waals surface area (Å²) in [7, 11) is 0. The van der Waals surface area contributed by atoms with Crippen LogP contribution in [0.5, 0.6) is 0 Å². The summed E-state index contributed by atoms with van der Waals surface area (Å²) in [5.41, 5.74) is 4.89. The van der Waals surface area contributed by atoms with E-state index in [9.17, 15) is 14.4 Å². The van der Waals surface area contributed by atoms with Crippen LogP contribution < -0.4 is 16.4 Å². The monoisotopic (exact) mass is 241 g/mol. The van der Waals surface area contributed by atoms with Crippen molar-refractivity contribution in [3.63, 3.8) is 0 Å². The van der Waals surface area contributed by atoms with Crippen LogP contribution in [-0.4, -0.2) is 35.1 Å². The largest absolute Gasteiger partial charge is 0.480 e. The van der Waals surface area contributed by atoms with Gasteiger partial charge in [-0.3, -0.25) is 4.79 Å². The summed E-state index contributed by atoms with van der Waals surface area (Å²) in [5.74, 6) is 0.385. The molecule has 0 saturated carbocycles. The summed E-state index contributed by atoms with van der Waals surface area (Å²) in [4.78, 5) is 32.6. The lowest BCUT2D eigenvalue weighted by Crippen LogP contribution is -2.48. The maximum Gasteiger partial charge on any atom is 0.326 e. The lowest BCUT2D eigenvalue weighted by atomic mass is 10.1. The molecule has 0 spiro atoms. The van der Waals surface area contributed by atoms with Crippen LogP contribution in [0.2, 0.25) is 0 Å². The highest BCUT2D eigenvalue weighted by atomic mass is 16.4. The Hall–Kier alpha value is -2.23. The van der Waals surface area contributed by atoms with E-state index in [1.165, 1.54) is 0 Å². The summed E-state index contributed by atoms with van der Waals surface area (Å²) in [6.07, 6.45) is 4.85. The molecular weight excluding hydrogens is 226 g/mol. The van der Waals surface area contributed by atoms with Crippen molar-refractivity contribution >= 4 is 17.9 Å². The summed E-state index contributed by atoms with van der Waals surface area (Å²) in [6.45, 7) is 1.57. The Bertz CT molecular complexity index is 348. The fourth-order valence-electron chi connectivity index (χ4n) is 0.982. The first-order valence-corrected chi connectivity index (χ1v) is 4.91. The molecule has 0 aliphatic carbocycles. The Morgan fingerprint density at radius 3 is 2.41 bits per heavy atom. The van der Waals surface area contributed by atoms with Crippen LogP contribution in [0.15, 0.2) is 0 Å². The average molecular weight is 241 g/mol. The van der Waals surface area contributed by atoms with Crippen molar-refractivity contribution in [2.45, 2.75) is 31.8 Å². The number of primary amides is 1. The van der Waals surface area contributed by atoms with Crippen LogP contribution in [0.4, 0.5) is 4.79 Å². The Kier molecular flexibility index (Phi) is 6.18. The summed E-state index contributed by atoms with van der Waals surface area (Å²) in [6, 6.07) is -2.39. The molecule has 2 atom stereocenters. The van der Waals surface area contributed by atoms with Crippen LogP contribution >= 0.6 is 0 Å². The van der Waals surface area contributed by atoms with Crippen molar-refractivity contribution in [2.24, 2.45) is 5.73 Å². The third-order valence-corrected chi connectivity index (χ3v) is 1.88. The molecule has 0 aliphatic heterocycles. The smallest absolute Gasteiger partial charge is 0.326 e. The second kappa shape index (κ2) is 7.11. The maximum absolute atomic E-state index is 11.3. The molecule has 0 aromatic heterocycles. The van der Waals surface area contributed by atoms with Crippen molar-refractivity contribution < 1.29 is 19.5 Å². The lowest BCUT2D eigenvalue weighted by Gasteiger charge is -2.15. The molecule has 0 fully saturated rings. The van der Waals surface area contributed by atoms with Crippen molar-refractivity contribution in [3.8, 4) is 12.3 Å². The number of carboxylic acids is 1. The third-order valence-electron chi connectivity index (χ3n) is 1.88. The minimum atomic E-state index is -1.24. The normalized spacial score (nSPS) is 12.9. The maximum atomic E-state index is 11.3. The first kappa shape index (κ1) is 14.8. The van der Waals surface area contributed by atoms with Gasteiger partial charge in [-0.1, -0.05) is 5.92 Å². The number of amides is 3. The first-order valence-electron chi connectivity index (χ1n) is 4.91. The van der Waals surface area contributed by atoms with E-state index in [4.69, 9.17) is 17.3 Å². The van der Waals surface area contributed by atoms with Gasteiger partial charge < -0.3 is 21.5 Å². The SMILES string of the molecule is C#CC(C)NC(=O)N[C@H](CCC(N)=O)C(=O)O. The quantitative estimate of drug-likeness (QED) is 0.447. The summed E-state index contributed by atoms with van der Waals surface area (Å²) >= 11 is 0. The number of carbonyl (C=O) groups is 3. The molecule has 0 saturated heterocycles. The molecule has 5 N–H and O–H groups in total. The summed E-state index contributed by atoms with van der Waals surface area (Å²) < 4.78 is 0. The fourth-order valence-corrected chi connectivity index (χ4v) is 0.982. The topological polar surface area (TPSA) is 122 Å². The summed E-state index contributed by atoms with van der Waals surface area (Å²) in [5, 5.41) is 13.3. The molecule has 0 radical (unpaired) electrons. The number of aliphatic carboxylic acids is 1. The molecule has 0 heterocycles. The zero-order valence-electron chi connectivity index (χ0n) is 9.40. The fraction of sp³-hybridized carbons (Fsp3) is 0.500. The average Bonchev–Trinajstić information content (AvgIpc) is 2.23. The number of nitrogens with two attached hydrogens (primary N) is 1. The third kappa shape index (κ3) is 6.78. The Labute approximate surface area is 98.7 Å². The van der Waals surface area contributed by atoms with Crippen LogP contribution in [0.1, 0.15) is 19.8 Å². The van der Waals surface area contributed by atoms with Crippen LogP contribution in [0.25, 0.3) is 0 Å². The van der Waals surface area contributed by atoms with E-state index in [0.29, 0.717) is 0 Å². The zero-order chi connectivity index (χ0) is 13.4. The van der Waals surface area contributed by atoms with E-state index in [0.717, 1.165) is 0 Å². The Morgan fingerprint density at radius 2 is 2.00 bits per heavy atom. The van der Waals surface area contributed by atoms with Crippen LogP contribution in [0.3, 0.4) is 0 Å². The number of hydrogen-bond acceptors (Lipinski definition) is 3. The van der Waals surface area contributed by atoms with E-state index in [-0.39, 0.29) is 12.8 Å². The van der Waals surface area contributed by atoms with E-state index in [2.05, 4.69) is 16.6 Å². The van der Waals surface area contributed by atoms with Gasteiger partial charge in [-0.15, -0.1) is 6.42 Å². The van der Waals surface area contributed by atoms with E-state index >= 15 is 0 Å². The van der Waals surface area contributed by atoms with Gasteiger partial charge in [0, 0.05) is 6.42 Å². The molecule has 0 rings (SSSR count). The number of urea groups is 1. The number of rotatable bonds is 6. The van der Waals surface area contributed by atoms with Gasteiger partial charge in [0.05, 0.1) is 6.04 Å². The van der Waals surface area contributed by atoms with Crippen molar-refractivity contribution in [1.82, 2.24) is 10.6 Å². The minimum Gasteiger partial charge on any atom is -0.480 e. The Balaban J connectivity index is 4.26. The van der Waals surface area contributed by atoms with Crippen molar-refractivity contribution in [1.29, 1.82) is 0 Å². The molecular formula is C10H15N3O4. The van der Waals surface area contributed by atoms with Crippen molar-refractivity contribution in [2.75, 3.05) is 0 Å². The second-order valence-corrected chi connectivity index (χ2v) is 3.40. The highest BCUT2D eigenvalue weighted by molar-refractivity contribution is 5.83. The van der Waals surface area contributed by atoms with Crippen LogP contribution in [-0.2, 0) is 9.59 Å². The molecule has 17 heavy (non-hydrogen) atoms. The number of carbonyl (C=O) groups excluding carboxylic acids is 2. The molecule has 94 valence electrons. The zero-order valence-corrected chi connectivity index (χ0v) is 9.40. The number of carboxylic acid groups (broad SMARTS) is 1. The highest BCUT2D eigenvalue weighted by Crippen LogP contribution is 1.97. The lowest BCUT2D eigenvalue weighted by molar-refractivity contribution is -0.139. The predicted octanol–water partition coefficient (Wildman–Crippen LogP) is -0.974. The van der Waals surface area contributed by atoms with Crippen LogP contribution in [0, 0.1) is 12.3 Å². The molecule has 7 nitrogen and oxygen atoms in total. The van der Waals surface area contributed by atoms with Gasteiger partial charge >= 0.3 is 12.0 Å². The minimum absolute atomic E-state index is 0.0669. The van der Waals surface area contributed by atoms with Gasteiger partial charge in [0.15, 0.2) is 0 Å². The van der Waals surface area contributed by atoms with E-state index in [1.807, 2.05) is 0 Å². The predicted molar refractivity (Wildman–Crippen MR) is 59.8 cm³/mol. The van der Waals surface area contributed by atoms with Gasteiger partial charge in [0.25, 0.3) is 0 Å². The second-order valence-electron chi connectivity index (χ2n) is 3.40. The molecule has 1 unspecified atom stereocenters. The highest BCUT2D eigenvalue weighted by Gasteiger charge is 2.20. The van der Waals surface area contributed by atoms with Gasteiger partial charge in [-0.25, -0.2) is 9.59 Å². The first-order chi connectivity index (χ1) is 7.86. The molecule has 0 bridgehead atoms. The van der Waals surface area contributed by atoms with E-state index in [1.54, 1.807) is 6.92 Å².